The molecule has 0 saturated heterocycles. The van der Waals surface area contributed by atoms with Crippen molar-refractivity contribution in [2.24, 2.45) is 11.0 Å². The van der Waals surface area contributed by atoms with Crippen LogP contribution in [0, 0.1) is 5.92 Å². The highest BCUT2D eigenvalue weighted by Gasteiger charge is 2.41. The Kier molecular flexibility index (Phi) is 3.49. The molecule has 0 aromatic heterocycles. The quantitative estimate of drug-likeness (QED) is 0.626. The van der Waals surface area contributed by atoms with Crippen molar-refractivity contribution >= 4 is 16.5 Å². The van der Waals surface area contributed by atoms with Gasteiger partial charge in [-0.2, -0.15) is 5.10 Å². The van der Waals surface area contributed by atoms with Gasteiger partial charge in [-0.05, 0) is 28.5 Å². The lowest BCUT2D eigenvalue weighted by Gasteiger charge is -2.39. The molecule has 2 atom stereocenters. The molecule has 0 N–H and O–H groups in total. The predicted molar refractivity (Wildman–Crippen MR) is 105 cm³/mol. The maximum absolute atomic E-state index is 6.28. The molecule has 130 valence electrons. The summed E-state index contributed by atoms with van der Waals surface area (Å²) in [7, 11) is 0. The summed E-state index contributed by atoms with van der Waals surface area (Å²) in [6.07, 6.45) is 0.898. The summed E-state index contributed by atoms with van der Waals surface area (Å²) < 4.78 is 6.28. The van der Waals surface area contributed by atoms with Crippen LogP contribution in [0.4, 0.5) is 0 Å². The van der Waals surface area contributed by atoms with Crippen LogP contribution in [0.25, 0.3) is 10.8 Å². The summed E-state index contributed by atoms with van der Waals surface area (Å²) in [6.45, 7) is 4.39. The Labute approximate surface area is 153 Å². The van der Waals surface area contributed by atoms with E-state index in [1.54, 1.807) is 0 Å². The summed E-state index contributed by atoms with van der Waals surface area (Å²) in [5.41, 5.74) is 3.59. The van der Waals surface area contributed by atoms with Gasteiger partial charge in [0.1, 0.15) is 5.75 Å². The molecule has 0 radical (unpaired) electrons. The minimum absolute atomic E-state index is 0.0205. The minimum atomic E-state index is -0.0205. The molecular formula is C23H22N2O. The molecule has 2 aliphatic rings. The number of rotatable bonds is 2. The number of hydrazone groups is 1. The molecule has 0 unspecified atom stereocenters. The molecule has 3 aromatic carbocycles. The molecule has 2 aliphatic heterocycles. The van der Waals surface area contributed by atoms with Gasteiger partial charge in [-0.15, -0.1) is 0 Å². The van der Waals surface area contributed by atoms with Gasteiger partial charge >= 0.3 is 0 Å². The van der Waals surface area contributed by atoms with Crippen molar-refractivity contribution in [2.45, 2.75) is 32.5 Å². The first kappa shape index (κ1) is 15.4. The normalized spacial score (nSPS) is 21.3. The summed E-state index contributed by atoms with van der Waals surface area (Å²) in [5.74, 6) is 1.37. The Morgan fingerprint density at radius 3 is 2.58 bits per heavy atom. The lowest BCUT2D eigenvalue weighted by atomic mass is 9.95. The van der Waals surface area contributed by atoms with Gasteiger partial charge in [0, 0.05) is 17.9 Å². The molecular weight excluding hydrogens is 320 g/mol. The molecule has 0 amide bonds. The van der Waals surface area contributed by atoms with Crippen LogP contribution in [-0.4, -0.2) is 16.9 Å². The van der Waals surface area contributed by atoms with E-state index in [-0.39, 0.29) is 12.3 Å². The first-order valence-electron chi connectivity index (χ1n) is 9.31. The molecule has 0 spiro atoms. The van der Waals surface area contributed by atoms with Crippen LogP contribution in [0.2, 0.25) is 0 Å². The topological polar surface area (TPSA) is 24.8 Å². The summed E-state index contributed by atoms with van der Waals surface area (Å²) >= 11 is 0. The third kappa shape index (κ3) is 2.38. The largest absolute Gasteiger partial charge is 0.468 e. The Balaban J connectivity index is 1.57. The number of nitrogens with zero attached hydrogens (tertiary/aromatic N) is 2. The Morgan fingerprint density at radius 1 is 0.962 bits per heavy atom. The zero-order valence-electron chi connectivity index (χ0n) is 15.1. The molecule has 0 bridgehead atoms. The highest BCUT2D eigenvalue weighted by molar-refractivity contribution is 6.04. The van der Waals surface area contributed by atoms with Gasteiger partial charge in [0.05, 0.1) is 11.8 Å². The highest BCUT2D eigenvalue weighted by Crippen LogP contribution is 2.44. The van der Waals surface area contributed by atoms with Crippen molar-refractivity contribution in [3.63, 3.8) is 0 Å². The van der Waals surface area contributed by atoms with Gasteiger partial charge < -0.3 is 4.74 Å². The van der Waals surface area contributed by atoms with Crippen LogP contribution in [-0.2, 0) is 0 Å². The van der Waals surface area contributed by atoms with Crippen LogP contribution in [0.3, 0.4) is 0 Å². The first-order chi connectivity index (χ1) is 12.7. The van der Waals surface area contributed by atoms with Gasteiger partial charge in [-0.3, -0.25) is 0 Å². The number of ether oxygens (including phenoxy) is 1. The second-order valence-electron chi connectivity index (χ2n) is 7.50. The van der Waals surface area contributed by atoms with Gasteiger partial charge in [0.2, 0.25) is 0 Å². The maximum Gasteiger partial charge on any atom is 0.190 e. The van der Waals surface area contributed by atoms with E-state index in [0.717, 1.165) is 17.9 Å². The number of hydrogen-bond acceptors (Lipinski definition) is 3. The molecule has 3 aromatic rings. The van der Waals surface area contributed by atoms with E-state index in [1.165, 1.54) is 21.9 Å². The van der Waals surface area contributed by atoms with Crippen LogP contribution < -0.4 is 4.74 Å². The minimum Gasteiger partial charge on any atom is -0.468 e. The fraction of sp³-hybridized carbons (Fsp3) is 0.261. The van der Waals surface area contributed by atoms with Gasteiger partial charge in [-0.1, -0.05) is 68.4 Å². The van der Waals surface area contributed by atoms with Gasteiger partial charge in [0.25, 0.3) is 0 Å². The van der Waals surface area contributed by atoms with Crippen LogP contribution in [0.1, 0.15) is 37.4 Å². The van der Waals surface area contributed by atoms with E-state index in [0.29, 0.717) is 5.92 Å². The zero-order chi connectivity index (χ0) is 17.7. The van der Waals surface area contributed by atoms with E-state index in [2.05, 4.69) is 79.5 Å². The number of hydrogen-bond donors (Lipinski definition) is 0. The fourth-order valence-corrected chi connectivity index (χ4v) is 4.05. The Morgan fingerprint density at radius 2 is 1.73 bits per heavy atom. The molecule has 5 rings (SSSR count). The van der Waals surface area contributed by atoms with E-state index in [9.17, 15) is 0 Å². The lowest BCUT2D eigenvalue weighted by molar-refractivity contribution is -0.0461. The molecule has 0 aliphatic carbocycles. The second kappa shape index (κ2) is 5.87. The standard InChI is InChI=1S/C23H22N2O/c1-15(2)23-25-21(19-9-5-6-10-22(19)26-23)14-20(24-25)18-12-11-16-7-3-4-8-17(16)13-18/h3-13,15,21,23H,14H2,1-2H3/t21-,23-/m0/s1. The maximum atomic E-state index is 6.28. The fourth-order valence-electron chi connectivity index (χ4n) is 4.05. The van der Waals surface area contributed by atoms with Crippen LogP contribution in [0.5, 0.6) is 5.75 Å². The average molecular weight is 342 g/mol. The highest BCUT2D eigenvalue weighted by atomic mass is 16.5. The number of fused-ring (bicyclic) bond motifs is 4. The number of para-hydroxylation sites is 1. The predicted octanol–water partition coefficient (Wildman–Crippen LogP) is 5.37. The third-order valence-corrected chi connectivity index (χ3v) is 5.38. The van der Waals surface area contributed by atoms with Crippen molar-refractivity contribution in [2.75, 3.05) is 0 Å². The molecule has 3 heteroatoms. The van der Waals surface area contributed by atoms with Gasteiger partial charge in [-0.25, -0.2) is 5.01 Å². The van der Waals surface area contributed by atoms with E-state index >= 15 is 0 Å². The third-order valence-electron chi connectivity index (χ3n) is 5.38. The molecule has 3 nitrogen and oxygen atoms in total. The zero-order valence-corrected chi connectivity index (χ0v) is 15.1. The number of benzene rings is 3. The lowest BCUT2D eigenvalue weighted by Crippen LogP contribution is -2.43. The van der Waals surface area contributed by atoms with E-state index in [4.69, 9.17) is 9.84 Å². The van der Waals surface area contributed by atoms with Crippen molar-refractivity contribution < 1.29 is 4.74 Å². The second-order valence-corrected chi connectivity index (χ2v) is 7.50. The molecule has 2 heterocycles. The summed E-state index contributed by atoms with van der Waals surface area (Å²) in [5, 5.41) is 9.72. The van der Waals surface area contributed by atoms with E-state index < -0.39 is 0 Å². The Bertz CT molecular complexity index is 1010. The van der Waals surface area contributed by atoms with Crippen LogP contribution in [0.15, 0.2) is 71.8 Å². The summed E-state index contributed by atoms with van der Waals surface area (Å²) in [6, 6.07) is 23.8. The van der Waals surface area contributed by atoms with Crippen molar-refractivity contribution in [3.05, 3.63) is 77.9 Å². The van der Waals surface area contributed by atoms with Crippen molar-refractivity contribution in [1.82, 2.24) is 5.01 Å². The van der Waals surface area contributed by atoms with Crippen LogP contribution >= 0.6 is 0 Å². The van der Waals surface area contributed by atoms with Crippen molar-refractivity contribution in [1.29, 1.82) is 0 Å². The first-order valence-corrected chi connectivity index (χ1v) is 9.31. The van der Waals surface area contributed by atoms with E-state index in [1.807, 2.05) is 6.07 Å². The molecule has 0 saturated carbocycles. The van der Waals surface area contributed by atoms with Crippen molar-refractivity contribution in [3.8, 4) is 5.75 Å². The molecule has 26 heavy (non-hydrogen) atoms. The average Bonchev–Trinajstić information content (AvgIpc) is 3.12. The Hall–Kier alpha value is -2.81. The molecule has 0 fully saturated rings. The monoisotopic (exact) mass is 342 g/mol. The van der Waals surface area contributed by atoms with Gasteiger partial charge in [0.15, 0.2) is 6.23 Å². The summed E-state index contributed by atoms with van der Waals surface area (Å²) in [4.78, 5) is 0. The SMILES string of the molecule is CC(C)[C@@H]1Oc2ccccc2[C@@H]2CC(c3ccc4ccccc4c3)=NN21. The smallest absolute Gasteiger partial charge is 0.190 e.